The minimum atomic E-state index is -1.05. The lowest BCUT2D eigenvalue weighted by atomic mass is 10.2. The Bertz CT molecular complexity index is 653. The van der Waals surface area contributed by atoms with Gasteiger partial charge in [-0.05, 0) is 11.4 Å². The lowest BCUT2D eigenvalue weighted by Crippen LogP contribution is -2.48. The van der Waals surface area contributed by atoms with Gasteiger partial charge in [0.05, 0.1) is 19.3 Å². The van der Waals surface area contributed by atoms with Gasteiger partial charge in [0.25, 0.3) is 5.91 Å². The molecule has 0 saturated carbocycles. The number of thiazole rings is 1. The van der Waals surface area contributed by atoms with E-state index in [1.165, 1.54) is 16.2 Å². The van der Waals surface area contributed by atoms with Crippen LogP contribution in [-0.2, 0) is 9.53 Å². The topological polar surface area (TPSA) is 79.7 Å². The highest BCUT2D eigenvalue weighted by atomic mass is 32.1. The first kappa shape index (κ1) is 14.2. The molecule has 3 heterocycles. The van der Waals surface area contributed by atoms with Crippen molar-refractivity contribution in [2.45, 2.75) is 6.10 Å². The summed E-state index contributed by atoms with van der Waals surface area (Å²) in [5, 5.41) is 13.7. The standard InChI is InChI=1S/C13H12N2O4S2/c16-12(15-2-3-19-9(6-15)13(17)18)10-5-14-11(21-10)8-1-4-20-7-8/h1,4-5,7,9H,2-3,6H2,(H,17,18). The van der Waals surface area contributed by atoms with Crippen molar-refractivity contribution in [1.82, 2.24) is 9.88 Å². The van der Waals surface area contributed by atoms with Gasteiger partial charge in [-0.3, -0.25) is 4.79 Å². The zero-order valence-electron chi connectivity index (χ0n) is 10.9. The number of aliphatic carboxylic acids is 1. The van der Waals surface area contributed by atoms with Crippen LogP contribution >= 0.6 is 22.7 Å². The molecule has 0 aliphatic carbocycles. The molecule has 1 N–H and O–H groups in total. The molecule has 0 radical (unpaired) electrons. The van der Waals surface area contributed by atoms with E-state index in [0.29, 0.717) is 11.4 Å². The maximum Gasteiger partial charge on any atom is 0.334 e. The second-order valence-electron chi connectivity index (χ2n) is 4.49. The zero-order valence-corrected chi connectivity index (χ0v) is 12.5. The number of hydrogen-bond donors (Lipinski definition) is 1. The Kier molecular flexibility index (Phi) is 4.00. The number of ether oxygens (including phenoxy) is 1. The summed E-state index contributed by atoms with van der Waals surface area (Å²) in [6.45, 7) is 0.701. The Morgan fingerprint density at radius 2 is 2.33 bits per heavy atom. The number of thiophene rings is 1. The van der Waals surface area contributed by atoms with E-state index < -0.39 is 12.1 Å². The SMILES string of the molecule is O=C(O)C1CN(C(=O)c2cnc(-c3ccsc3)s2)CCO1. The van der Waals surface area contributed by atoms with E-state index in [4.69, 9.17) is 9.84 Å². The van der Waals surface area contributed by atoms with Gasteiger partial charge in [0, 0.05) is 17.5 Å². The van der Waals surface area contributed by atoms with E-state index >= 15 is 0 Å². The summed E-state index contributed by atoms with van der Waals surface area (Å²) in [4.78, 5) is 29.6. The Hall–Kier alpha value is -1.77. The molecule has 0 spiro atoms. The van der Waals surface area contributed by atoms with Crippen molar-refractivity contribution in [2.75, 3.05) is 19.7 Å². The third kappa shape index (κ3) is 2.97. The molecule has 1 aliphatic rings. The van der Waals surface area contributed by atoms with Gasteiger partial charge in [0.15, 0.2) is 6.10 Å². The predicted octanol–water partition coefficient (Wildman–Crippen LogP) is 1.80. The van der Waals surface area contributed by atoms with E-state index in [-0.39, 0.29) is 19.1 Å². The van der Waals surface area contributed by atoms with Gasteiger partial charge in [-0.25, -0.2) is 9.78 Å². The number of carbonyl (C=O) groups is 2. The summed E-state index contributed by atoms with van der Waals surface area (Å²) in [6.07, 6.45) is 0.595. The molecule has 110 valence electrons. The Labute approximate surface area is 128 Å². The summed E-state index contributed by atoms with van der Waals surface area (Å²) < 4.78 is 5.12. The minimum absolute atomic E-state index is 0.0693. The Morgan fingerprint density at radius 1 is 1.48 bits per heavy atom. The summed E-state index contributed by atoms with van der Waals surface area (Å²) in [5.74, 6) is -1.24. The molecule has 6 nitrogen and oxygen atoms in total. The molecule has 1 unspecified atom stereocenters. The number of morpholine rings is 1. The largest absolute Gasteiger partial charge is 0.479 e. The number of carboxylic acids is 1. The Balaban J connectivity index is 1.74. The Morgan fingerprint density at radius 3 is 3.05 bits per heavy atom. The fourth-order valence-corrected chi connectivity index (χ4v) is 3.63. The number of carboxylic acid groups (broad SMARTS) is 1. The highest BCUT2D eigenvalue weighted by Crippen LogP contribution is 2.27. The van der Waals surface area contributed by atoms with Crippen LogP contribution in [-0.4, -0.2) is 52.7 Å². The van der Waals surface area contributed by atoms with Gasteiger partial charge in [-0.15, -0.1) is 11.3 Å². The molecule has 1 aliphatic heterocycles. The van der Waals surface area contributed by atoms with Gasteiger partial charge >= 0.3 is 5.97 Å². The summed E-state index contributed by atoms with van der Waals surface area (Å²) in [7, 11) is 0. The van der Waals surface area contributed by atoms with Crippen LogP contribution < -0.4 is 0 Å². The molecule has 21 heavy (non-hydrogen) atoms. The molecule has 2 aromatic rings. The maximum atomic E-state index is 12.4. The zero-order chi connectivity index (χ0) is 14.8. The summed E-state index contributed by atoms with van der Waals surface area (Å²) in [6, 6.07) is 1.95. The first-order valence-electron chi connectivity index (χ1n) is 6.27. The molecular weight excluding hydrogens is 312 g/mol. The average molecular weight is 324 g/mol. The fourth-order valence-electron chi connectivity index (χ4n) is 2.03. The molecule has 8 heteroatoms. The second-order valence-corrected chi connectivity index (χ2v) is 6.30. The van der Waals surface area contributed by atoms with E-state index in [1.54, 1.807) is 17.5 Å². The number of aromatic nitrogens is 1. The fraction of sp³-hybridized carbons (Fsp3) is 0.308. The van der Waals surface area contributed by atoms with Gasteiger partial charge in [-0.2, -0.15) is 11.3 Å². The van der Waals surface area contributed by atoms with Crippen LogP contribution in [0.4, 0.5) is 0 Å². The van der Waals surface area contributed by atoms with Gasteiger partial charge < -0.3 is 14.7 Å². The predicted molar refractivity (Wildman–Crippen MR) is 78.7 cm³/mol. The number of amides is 1. The summed E-state index contributed by atoms with van der Waals surface area (Å²) >= 11 is 2.89. The number of hydrogen-bond acceptors (Lipinski definition) is 6. The van der Waals surface area contributed by atoms with Crippen LogP contribution in [0.1, 0.15) is 9.67 Å². The lowest BCUT2D eigenvalue weighted by molar-refractivity contribution is -0.154. The number of nitrogens with zero attached hydrogens (tertiary/aromatic N) is 2. The molecule has 1 fully saturated rings. The first-order valence-corrected chi connectivity index (χ1v) is 8.03. The van der Waals surface area contributed by atoms with Crippen LogP contribution in [0.15, 0.2) is 23.0 Å². The van der Waals surface area contributed by atoms with E-state index in [0.717, 1.165) is 10.6 Å². The summed E-state index contributed by atoms with van der Waals surface area (Å²) in [5.41, 5.74) is 0.995. The monoisotopic (exact) mass is 324 g/mol. The molecule has 2 aromatic heterocycles. The van der Waals surface area contributed by atoms with E-state index in [2.05, 4.69) is 4.98 Å². The molecule has 1 atom stereocenters. The van der Waals surface area contributed by atoms with E-state index in [1.807, 2.05) is 16.8 Å². The van der Waals surface area contributed by atoms with Gasteiger partial charge in [0.1, 0.15) is 9.88 Å². The van der Waals surface area contributed by atoms with Crippen molar-refractivity contribution >= 4 is 34.6 Å². The van der Waals surface area contributed by atoms with Crippen molar-refractivity contribution in [3.05, 3.63) is 27.9 Å². The smallest absolute Gasteiger partial charge is 0.334 e. The number of rotatable bonds is 3. The third-order valence-electron chi connectivity index (χ3n) is 3.11. The molecule has 1 saturated heterocycles. The van der Waals surface area contributed by atoms with Gasteiger partial charge in [0.2, 0.25) is 0 Å². The number of carbonyl (C=O) groups excluding carboxylic acids is 1. The van der Waals surface area contributed by atoms with Crippen molar-refractivity contribution in [2.24, 2.45) is 0 Å². The average Bonchev–Trinajstić information content (AvgIpc) is 3.17. The molecule has 0 aromatic carbocycles. The van der Waals surface area contributed by atoms with Crippen molar-refractivity contribution < 1.29 is 19.4 Å². The van der Waals surface area contributed by atoms with E-state index in [9.17, 15) is 9.59 Å². The van der Waals surface area contributed by atoms with Crippen molar-refractivity contribution in [3.63, 3.8) is 0 Å². The molecule has 1 amide bonds. The van der Waals surface area contributed by atoms with Crippen LogP contribution in [0.25, 0.3) is 10.6 Å². The second kappa shape index (κ2) is 5.92. The van der Waals surface area contributed by atoms with Crippen LogP contribution in [0.3, 0.4) is 0 Å². The maximum absolute atomic E-state index is 12.4. The van der Waals surface area contributed by atoms with Crippen molar-refractivity contribution in [3.8, 4) is 10.6 Å². The first-order chi connectivity index (χ1) is 10.1. The quantitative estimate of drug-likeness (QED) is 0.931. The highest BCUT2D eigenvalue weighted by molar-refractivity contribution is 7.17. The molecule has 3 rings (SSSR count). The lowest BCUT2D eigenvalue weighted by Gasteiger charge is -2.30. The van der Waals surface area contributed by atoms with Crippen LogP contribution in [0.2, 0.25) is 0 Å². The molecular formula is C13H12N2O4S2. The van der Waals surface area contributed by atoms with Crippen LogP contribution in [0, 0.1) is 0 Å². The molecule has 0 bridgehead atoms. The van der Waals surface area contributed by atoms with Crippen molar-refractivity contribution in [1.29, 1.82) is 0 Å². The van der Waals surface area contributed by atoms with Crippen LogP contribution in [0.5, 0.6) is 0 Å². The highest BCUT2D eigenvalue weighted by Gasteiger charge is 2.30. The third-order valence-corrected chi connectivity index (χ3v) is 4.83. The van der Waals surface area contributed by atoms with Gasteiger partial charge in [-0.1, -0.05) is 0 Å². The normalized spacial score (nSPS) is 18.7. The minimum Gasteiger partial charge on any atom is -0.479 e.